The highest BCUT2D eigenvalue weighted by Crippen LogP contribution is 2.41. The lowest BCUT2D eigenvalue weighted by Crippen LogP contribution is -2.49. The van der Waals surface area contributed by atoms with Crippen LogP contribution < -0.4 is 5.32 Å². The van der Waals surface area contributed by atoms with Crippen LogP contribution in [0.25, 0.3) is 0 Å². The second kappa shape index (κ2) is 8.02. The van der Waals surface area contributed by atoms with Gasteiger partial charge in [-0.1, -0.05) is 6.92 Å². The molecule has 118 valence electrons. The molecule has 2 heterocycles. The van der Waals surface area contributed by atoms with E-state index < -0.39 is 0 Å². The molecule has 0 aromatic rings. The van der Waals surface area contributed by atoms with Crippen molar-refractivity contribution in [2.24, 2.45) is 5.92 Å². The number of nitrogens with one attached hydrogen (secondary N) is 1. The van der Waals surface area contributed by atoms with Crippen LogP contribution in [0.3, 0.4) is 0 Å². The first-order valence-electron chi connectivity index (χ1n) is 8.25. The van der Waals surface area contributed by atoms with E-state index in [0.29, 0.717) is 6.04 Å². The third kappa shape index (κ3) is 4.62. The van der Waals surface area contributed by atoms with Gasteiger partial charge in [-0.3, -0.25) is 0 Å². The lowest BCUT2D eigenvalue weighted by molar-refractivity contribution is -0.107. The Bertz CT molecular complexity index is 274. The van der Waals surface area contributed by atoms with E-state index in [0.717, 1.165) is 19.1 Å². The standard InChI is InChI=1S/C16H32N2OS/c1-4-17-15(5-9-18(2)3)14-6-10-19-16(13-14)7-11-20-12-8-16/h14-15,17H,4-13H2,1-3H3. The first-order chi connectivity index (χ1) is 9.65. The zero-order valence-electron chi connectivity index (χ0n) is 13.5. The Hall–Kier alpha value is 0.230. The molecule has 20 heavy (non-hydrogen) atoms. The largest absolute Gasteiger partial charge is 0.375 e. The van der Waals surface area contributed by atoms with Crippen molar-refractivity contribution in [3.8, 4) is 0 Å². The molecule has 0 bridgehead atoms. The van der Waals surface area contributed by atoms with Gasteiger partial charge in [-0.15, -0.1) is 0 Å². The molecule has 2 aliphatic rings. The zero-order chi connectivity index (χ0) is 14.4. The number of hydrogen-bond acceptors (Lipinski definition) is 4. The molecule has 2 rings (SSSR count). The van der Waals surface area contributed by atoms with Crippen LogP contribution in [-0.2, 0) is 4.74 Å². The van der Waals surface area contributed by atoms with Gasteiger partial charge in [0.1, 0.15) is 0 Å². The minimum atomic E-state index is 0.222. The van der Waals surface area contributed by atoms with Crippen molar-refractivity contribution in [1.82, 2.24) is 10.2 Å². The molecule has 3 nitrogen and oxygen atoms in total. The van der Waals surface area contributed by atoms with Crippen molar-refractivity contribution in [1.29, 1.82) is 0 Å². The number of hydrogen-bond donors (Lipinski definition) is 1. The second-order valence-corrected chi connectivity index (χ2v) is 7.88. The lowest BCUT2D eigenvalue weighted by Gasteiger charge is -2.45. The third-order valence-electron chi connectivity index (χ3n) is 4.86. The predicted octanol–water partition coefficient (Wildman–Crippen LogP) is 2.61. The summed E-state index contributed by atoms with van der Waals surface area (Å²) < 4.78 is 6.24. The summed E-state index contributed by atoms with van der Waals surface area (Å²) in [4.78, 5) is 2.30. The number of nitrogens with zero attached hydrogens (tertiary/aromatic N) is 1. The molecule has 0 amide bonds. The van der Waals surface area contributed by atoms with E-state index in [-0.39, 0.29) is 5.60 Å². The normalized spacial score (nSPS) is 27.9. The Morgan fingerprint density at radius 1 is 1.35 bits per heavy atom. The van der Waals surface area contributed by atoms with Crippen LogP contribution in [0.4, 0.5) is 0 Å². The Balaban J connectivity index is 1.93. The fourth-order valence-corrected chi connectivity index (χ4v) is 4.90. The molecule has 1 N–H and O–H groups in total. The first kappa shape index (κ1) is 16.6. The van der Waals surface area contributed by atoms with E-state index >= 15 is 0 Å². The van der Waals surface area contributed by atoms with E-state index in [4.69, 9.17) is 4.74 Å². The average Bonchev–Trinajstić information content (AvgIpc) is 2.44. The molecule has 2 aliphatic heterocycles. The maximum Gasteiger partial charge on any atom is 0.0701 e. The van der Waals surface area contributed by atoms with Crippen molar-refractivity contribution >= 4 is 11.8 Å². The van der Waals surface area contributed by atoms with Crippen molar-refractivity contribution in [3.05, 3.63) is 0 Å². The number of thioether (sulfide) groups is 1. The Kier molecular flexibility index (Phi) is 6.66. The summed E-state index contributed by atoms with van der Waals surface area (Å²) in [6.07, 6.45) is 6.30. The Morgan fingerprint density at radius 2 is 2.10 bits per heavy atom. The van der Waals surface area contributed by atoms with E-state index in [1.165, 1.54) is 50.2 Å². The summed E-state index contributed by atoms with van der Waals surface area (Å²) in [7, 11) is 4.35. The van der Waals surface area contributed by atoms with Crippen molar-refractivity contribution < 1.29 is 4.74 Å². The molecule has 0 aromatic heterocycles. The van der Waals surface area contributed by atoms with Crippen molar-refractivity contribution in [2.75, 3.05) is 45.3 Å². The van der Waals surface area contributed by atoms with Crippen molar-refractivity contribution in [3.63, 3.8) is 0 Å². The van der Waals surface area contributed by atoms with Crippen LogP contribution in [0.2, 0.25) is 0 Å². The van der Waals surface area contributed by atoms with E-state index in [9.17, 15) is 0 Å². The van der Waals surface area contributed by atoms with Gasteiger partial charge >= 0.3 is 0 Å². The van der Waals surface area contributed by atoms with Gasteiger partial charge in [0.15, 0.2) is 0 Å². The minimum Gasteiger partial charge on any atom is -0.375 e. The topological polar surface area (TPSA) is 24.5 Å². The first-order valence-corrected chi connectivity index (χ1v) is 9.40. The monoisotopic (exact) mass is 300 g/mol. The van der Waals surface area contributed by atoms with Gasteiger partial charge in [0.25, 0.3) is 0 Å². The van der Waals surface area contributed by atoms with Gasteiger partial charge in [-0.25, -0.2) is 0 Å². The molecule has 1 spiro atoms. The molecule has 0 aliphatic carbocycles. The van der Waals surface area contributed by atoms with Crippen LogP contribution in [0.15, 0.2) is 0 Å². The zero-order valence-corrected chi connectivity index (χ0v) is 14.3. The molecule has 2 saturated heterocycles. The smallest absolute Gasteiger partial charge is 0.0701 e. The fraction of sp³-hybridized carbons (Fsp3) is 1.00. The highest BCUT2D eigenvalue weighted by molar-refractivity contribution is 7.99. The van der Waals surface area contributed by atoms with Gasteiger partial charge < -0.3 is 15.0 Å². The predicted molar refractivity (Wildman–Crippen MR) is 88.6 cm³/mol. The van der Waals surface area contributed by atoms with E-state index in [2.05, 4.69) is 43.0 Å². The molecule has 0 aromatic carbocycles. The number of rotatable bonds is 6. The van der Waals surface area contributed by atoms with Crippen LogP contribution in [0.1, 0.15) is 39.0 Å². The maximum atomic E-state index is 6.24. The highest BCUT2D eigenvalue weighted by atomic mass is 32.2. The average molecular weight is 301 g/mol. The Labute approximate surface area is 129 Å². The van der Waals surface area contributed by atoms with Crippen molar-refractivity contribution in [2.45, 2.75) is 50.7 Å². The minimum absolute atomic E-state index is 0.222. The number of ether oxygens (including phenoxy) is 1. The van der Waals surface area contributed by atoms with Gasteiger partial charge in [0.05, 0.1) is 5.60 Å². The van der Waals surface area contributed by atoms with Gasteiger partial charge in [-0.2, -0.15) is 11.8 Å². The van der Waals surface area contributed by atoms with Gasteiger partial charge in [0.2, 0.25) is 0 Å². The van der Waals surface area contributed by atoms with Crippen LogP contribution >= 0.6 is 11.8 Å². The maximum absolute atomic E-state index is 6.24. The molecule has 2 atom stereocenters. The van der Waals surface area contributed by atoms with Crippen LogP contribution in [0.5, 0.6) is 0 Å². The molecule has 0 saturated carbocycles. The highest BCUT2D eigenvalue weighted by Gasteiger charge is 2.40. The summed E-state index contributed by atoms with van der Waals surface area (Å²) >= 11 is 2.09. The molecular weight excluding hydrogens is 268 g/mol. The molecule has 0 radical (unpaired) electrons. The van der Waals surface area contributed by atoms with Gasteiger partial charge in [0, 0.05) is 12.6 Å². The lowest BCUT2D eigenvalue weighted by atomic mass is 9.78. The SMILES string of the molecule is CCNC(CCN(C)C)C1CCOC2(CCSCC2)C1. The summed E-state index contributed by atoms with van der Waals surface area (Å²) in [5, 5.41) is 3.74. The molecule has 2 unspecified atom stereocenters. The Morgan fingerprint density at radius 3 is 2.75 bits per heavy atom. The summed E-state index contributed by atoms with van der Waals surface area (Å²) in [5.74, 6) is 3.37. The molecule has 2 fully saturated rings. The summed E-state index contributed by atoms with van der Waals surface area (Å²) in [6.45, 7) is 5.46. The quantitative estimate of drug-likeness (QED) is 0.815. The van der Waals surface area contributed by atoms with Crippen LogP contribution in [0, 0.1) is 5.92 Å². The molecule has 4 heteroatoms. The second-order valence-electron chi connectivity index (χ2n) is 6.65. The summed E-state index contributed by atoms with van der Waals surface area (Å²) in [6, 6.07) is 0.665. The molecular formula is C16H32N2OS. The van der Waals surface area contributed by atoms with Crippen LogP contribution in [-0.4, -0.2) is 61.8 Å². The fourth-order valence-electron chi connectivity index (χ4n) is 3.66. The van der Waals surface area contributed by atoms with E-state index in [1.807, 2.05) is 0 Å². The third-order valence-corrected chi connectivity index (χ3v) is 5.84. The summed E-state index contributed by atoms with van der Waals surface area (Å²) in [5.41, 5.74) is 0.222. The van der Waals surface area contributed by atoms with Gasteiger partial charge in [-0.05, 0) is 76.7 Å². The van der Waals surface area contributed by atoms with E-state index in [1.54, 1.807) is 0 Å².